The largest absolute Gasteiger partial charge is 0.462 e. The molecule has 29 heavy (non-hydrogen) atoms. The molecule has 0 unspecified atom stereocenters. The predicted octanol–water partition coefficient (Wildman–Crippen LogP) is 6.40. The Hall–Kier alpha value is -1.12. The van der Waals surface area contributed by atoms with Crippen molar-refractivity contribution in [3.63, 3.8) is 0 Å². The van der Waals surface area contributed by atoms with E-state index in [0.717, 1.165) is 44.4 Å². The van der Waals surface area contributed by atoms with E-state index in [4.69, 9.17) is 4.74 Å². The maximum absolute atomic E-state index is 12.5. The molecule has 3 fully saturated rings. The minimum Gasteiger partial charge on any atom is -0.462 e. The number of unbranched alkanes of at least 4 members (excludes halogenated alkanes) is 3. The molecule has 0 radical (unpaired) electrons. The van der Waals surface area contributed by atoms with E-state index < -0.39 is 0 Å². The van der Waals surface area contributed by atoms with Crippen LogP contribution >= 0.6 is 0 Å². The molecule has 4 rings (SSSR count). The van der Waals surface area contributed by atoms with Crippen LogP contribution in [0.5, 0.6) is 0 Å². The van der Waals surface area contributed by atoms with E-state index in [1.165, 1.54) is 44.1 Å². The molecule has 0 spiro atoms. The topological polar surface area (TPSA) is 43.4 Å². The van der Waals surface area contributed by atoms with E-state index in [1.54, 1.807) is 0 Å². The second kappa shape index (κ2) is 8.19. The average Bonchev–Trinajstić information content (AvgIpc) is 3.02. The lowest BCUT2D eigenvalue weighted by Crippen LogP contribution is -2.51. The fourth-order valence-corrected chi connectivity index (χ4v) is 7.62. The molecule has 4 aliphatic rings. The van der Waals surface area contributed by atoms with E-state index in [9.17, 15) is 9.59 Å². The quantitative estimate of drug-likeness (QED) is 0.383. The minimum atomic E-state index is 0.0294. The van der Waals surface area contributed by atoms with Crippen molar-refractivity contribution in [2.24, 2.45) is 28.6 Å². The van der Waals surface area contributed by atoms with Gasteiger partial charge in [-0.1, -0.05) is 45.6 Å². The highest BCUT2D eigenvalue weighted by molar-refractivity contribution is 5.91. The molecular formula is C26H40O3. The summed E-state index contributed by atoms with van der Waals surface area (Å²) in [7, 11) is 0. The van der Waals surface area contributed by atoms with E-state index in [1.807, 2.05) is 6.08 Å². The number of ketones is 1. The van der Waals surface area contributed by atoms with Gasteiger partial charge in [-0.15, -0.1) is 0 Å². The van der Waals surface area contributed by atoms with Crippen molar-refractivity contribution >= 4 is 11.8 Å². The molecule has 0 aromatic heterocycles. The van der Waals surface area contributed by atoms with Crippen LogP contribution in [0.1, 0.15) is 104 Å². The van der Waals surface area contributed by atoms with E-state index in [2.05, 4.69) is 20.8 Å². The molecule has 162 valence electrons. The maximum Gasteiger partial charge on any atom is 0.306 e. The van der Waals surface area contributed by atoms with Crippen LogP contribution in [0.2, 0.25) is 0 Å². The summed E-state index contributed by atoms with van der Waals surface area (Å²) >= 11 is 0. The van der Waals surface area contributed by atoms with Gasteiger partial charge < -0.3 is 4.74 Å². The Morgan fingerprint density at radius 1 is 1.03 bits per heavy atom. The first kappa shape index (κ1) is 21.1. The number of hydrogen-bond donors (Lipinski definition) is 0. The summed E-state index contributed by atoms with van der Waals surface area (Å²) in [6.45, 7) is 7.05. The van der Waals surface area contributed by atoms with Crippen molar-refractivity contribution in [3.05, 3.63) is 11.6 Å². The van der Waals surface area contributed by atoms with E-state index in [-0.39, 0.29) is 22.9 Å². The van der Waals surface area contributed by atoms with Gasteiger partial charge in [0.1, 0.15) is 6.10 Å². The van der Waals surface area contributed by atoms with E-state index >= 15 is 0 Å². The first-order chi connectivity index (χ1) is 13.9. The molecule has 0 aromatic carbocycles. The lowest BCUT2D eigenvalue weighted by molar-refractivity contribution is -0.160. The molecule has 0 aromatic rings. The number of ether oxygens (including phenoxy) is 1. The molecule has 3 heteroatoms. The first-order valence-electron chi connectivity index (χ1n) is 12.3. The third-order valence-electron chi connectivity index (χ3n) is 9.38. The van der Waals surface area contributed by atoms with Crippen LogP contribution in [-0.2, 0) is 14.3 Å². The lowest BCUT2D eigenvalue weighted by atomic mass is 9.47. The molecule has 6 atom stereocenters. The Morgan fingerprint density at radius 3 is 2.66 bits per heavy atom. The van der Waals surface area contributed by atoms with Crippen LogP contribution in [0.4, 0.5) is 0 Å². The van der Waals surface area contributed by atoms with Crippen molar-refractivity contribution in [1.82, 2.24) is 0 Å². The highest BCUT2D eigenvalue weighted by Gasteiger charge is 2.59. The van der Waals surface area contributed by atoms with Crippen molar-refractivity contribution in [1.29, 1.82) is 0 Å². The van der Waals surface area contributed by atoms with Crippen LogP contribution in [0, 0.1) is 28.6 Å². The molecule has 3 nitrogen and oxygen atoms in total. The monoisotopic (exact) mass is 400 g/mol. The minimum absolute atomic E-state index is 0.0294. The van der Waals surface area contributed by atoms with Gasteiger partial charge >= 0.3 is 5.97 Å². The lowest BCUT2D eigenvalue weighted by Gasteiger charge is -2.57. The number of allylic oxidation sites excluding steroid dienone is 1. The summed E-state index contributed by atoms with van der Waals surface area (Å²) < 4.78 is 6.09. The van der Waals surface area contributed by atoms with Gasteiger partial charge in [0.15, 0.2) is 5.78 Å². The third-order valence-corrected chi connectivity index (χ3v) is 9.38. The molecular weight excluding hydrogens is 360 g/mol. The second-order valence-electron chi connectivity index (χ2n) is 10.9. The van der Waals surface area contributed by atoms with Gasteiger partial charge in [-0.25, -0.2) is 0 Å². The van der Waals surface area contributed by atoms with E-state index in [0.29, 0.717) is 24.0 Å². The first-order valence-corrected chi connectivity index (χ1v) is 12.3. The van der Waals surface area contributed by atoms with Crippen LogP contribution in [0.15, 0.2) is 11.6 Å². The summed E-state index contributed by atoms with van der Waals surface area (Å²) in [5, 5.41) is 0. The zero-order chi connectivity index (χ0) is 20.6. The number of esters is 1. The Labute approximate surface area is 177 Å². The molecule has 0 heterocycles. The second-order valence-corrected chi connectivity index (χ2v) is 10.9. The summed E-state index contributed by atoms with van der Waals surface area (Å²) in [4.78, 5) is 24.5. The zero-order valence-corrected chi connectivity index (χ0v) is 18.8. The fourth-order valence-electron chi connectivity index (χ4n) is 7.62. The third kappa shape index (κ3) is 3.72. The van der Waals surface area contributed by atoms with Gasteiger partial charge in [-0.05, 0) is 80.6 Å². The molecule has 0 aliphatic heterocycles. The molecule has 3 saturated carbocycles. The summed E-state index contributed by atoms with van der Waals surface area (Å²) in [5.74, 6) is 2.48. The normalized spacial score (nSPS) is 41.2. The van der Waals surface area contributed by atoms with Gasteiger partial charge in [-0.2, -0.15) is 0 Å². The number of hydrogen-bond acceptors (Lipinski definition) is 3. The van der Waals surface area contributed by atoms with Crippen molar-refractivity contribution in [2.75, 3.05) is 0 Å². The molecule has 0 saturated heterocycles. The summed E-state index contributed by atoms with van der Waals surface area (Å²) in [6.07, 6.45) is 15.9. The fraction of sp³-hybridized carbons (Fsp3) is 0.846. The number of rotatable bonds is 6. The highest BCUT2D eigenvalue weighted by atomic mass is 16.5. The van der Waals surface area contributed by atoms with Gasteiger partial charge in [0.25, 0.3) is 0 Å². The average molecular weight is 401 g/mol. The Bertz CT molecular complexity index is 679. The van der Waals surface area contributed by atoms with Gasteiger partial charge in [0.05, 0.1) is 0 Å². The van der Waals surface area contributed by atoms with Crippen LogP contribution in [0.3, 0.4) is 0 Å². The number of carbonyl (C=O) groups is 2. The highest BCUT2D eigenvalue weighted by Crippen LogP contribution is 2.65. The smallest absolute Gasteiger partial charge is 0.306 e. The summed E-state index contributed by atoms with van der Waals surface area (Å²) in [5.41, 5.74) is 1.82. The SMILES string of the molecule is CCCCCCC(=O)O[C@@H]1CC[C@@H]2[C@H]3CCC4=CC(=O)CC[C@@]4(C)[C@@H]3CC[C@]21C. The molecule has 0 amide bonds. The molecule has 0 N–H and O–H groups in total. The van der Waals surface area contributed by atoms with Gasteiger partial charge in [-0.3, -0.25) is 9.59 Å². The Kier molecular flexibility index (Phi) is 5.97. The Morgan fingerprint density at radius 2 is 1.86 bits per heavy atom. The summed E-state index contributed by atoms with van der Waals surface area (Å²) in [6, 6.07) is 0. The number of fused-ring (bicyclic) bond motifs is 5. The van der Waals surface area contributed by atoms with Crippen molar-refractivity contribution < 1.29 is 14.3 Å². The van der Waals surface area contributed by atoms with Gasteiger partial charge in [0, 0.05) is 18.3 Å². The zero-order valence-electron chi connectivity index (χ0n) is 18.8. The Balaban J connectivity index is 1.43. The van der Waals surface area contributed by atoms with Crippen LogP contribution in [-0.4, -0.2) is 17.9 Å². The van der Waals surface area contributed by atoms with Gasteiger partial charge in [0.2, 0.25) is 0 Å². The number of carbonyl (C=O) groups excluding carboxylic acids is 2. The molecule has 4 aliphatic carbocycles. The maximum atomic E-state index is 12.5. The van der Waals surface area contributed by atoms with Crippen LogP contribution in [0.25, 0.3) is 0 Å². The van der Waals surface area contributed by atoms with Crippen molar-refractivity contribution in [2.45, 2.75) is 110 Å². The van der Waals surface area contributed by atoms with Crippen LogP contribution < -0.4 is 0 Å². The molecule has 0 bridgehead atoms. The standard InChI is InChI=1S/C26H40O3/c1-4-5-6-7-8-24(28)29-23-12-11-21-20-10-9-18-17-19(27)13-15-25(18,2)22(20)14-16-26(21,23)3/h17,20-23H,4-16H2,1-3H3/t20-,21-,22-,23-,25-,26-/m1/s1. The predicted molar refractivity (Wildman–Crippen MR) is 115 cm³/mol. The van der Waals surface area contributed by atoms with Crippen molar-refractivity contribution in [3.8, 4) is 0 Å².